The zero-order valence-electron chi connectivity index (χ0n) is 23.1. The lowest BCUT2D eigenvalue weighted by Gasteiger charge is -2.59. The van der Waals surface area contributed by atoms with Crippen LogP contribution in [-0.2, 0) is 12.0 Å². The van der Waals surface area contributed by atoms with E-state index in [9.17, 15) is 10.2 Å². The molecule has 2 heteroatoms. The first-order valence-electron chi connectivity index (χ1n) is 14.9. The third-order valence-corrected chi connectivity index (χ3v) is 11.8. The van der Waals surface area contributed by atoms with Crippen LogP contribution >= 0.6 is 0 Å². The molecule has 0 amide bonds. The first-order chi connectivity index (χ1) is 17.7. The fourth-order valence-electron chi connectivity index (χ4n) is 9.76. The van der Waals surface area contributed by atoms with Gasteiger partial charge in [-0.25, -0.2) is 0 Å². The summed E-state index contributed by atoms with van der Waals surface area (Å²) in [7, 11) is 0. The van der Waals surface area contributed by atoms with Gasteiger partial charge >= 0.3 is 0 Å². The highest BCUT2D eigenvalue weighted by molar-refractivity contribution is 5.30. The molecule has 4 aliphatic carbocycles. The molecule has 0 spiro atoms. The summed E-state index contributed by atoms with van der Waals surface area (Å²) in [6, 6.07) is 19.5. The van der Waals surface area contributed by atoms with Crippen molar-refractivity contribution in [3.05, 3.63) is 82.9 Å². The second-order valence-electron chi connectivity index (χ2n) is 13.6. The molecule has 0 saturated heterocycles. The number of aliphatic hydroxyl groups is 2. The topological polar surface area (TPSA) is 40.5 Å². The lowest BCUT2D eigenvalue weighted by atomic mass is 9.46. The number of hydrogen-bond donors (Lipinski definition) is 2. The Balaban J connectivity index is 1.31. The summed E-state index contributed by atoms with van der Waals surface area (Å²) in [6.07, 6.45) is 13.1. The van der Waals surface area contributed by atoms with Crippen LogP contribution < -0.4 is 0 Å². The molecule has 0 aromatic heterocycles. The Morgan fingerprint density at radius 2 is 1.65 bits per heavy atom. The van der Waals surface area contributed by atoms with Crippen LogP contribution in [0.3, 0.4) is 0 Å². The average molecular weight is 499 g/mol. The van der Waals surface area contributed by atoms with Gasteiger partial charge in [0.05, 0.1) is 11.7 Å². The summed E-state index contributed by atoms with van der Waals surface area (Å²) >= 11 is 0. The van der Waals surface area contributed by atoms with Gasteiger partial charge in [0.2, 0.25) is 0 Å². The Labute approximate surface area is 224 Å². The molecule has 198 valence electrons. The Bertz CT molecular complexity index is 1140. The van der Waals surface area contributed by atoms with Crippen molar-refractivity contribution < 1.29 is 10.2 Å². The van der Waals surface area contributed by atoms with Crippen LogP contribution in [0.15, 0.2) is 66.2 Å². The summed E-state index contributed by atoms with van der Waals surface area (Å²) in [4.78, 5) is 0. The summed E-state index contributed by atoms with van der Waals surface area (Å²) in [5.41, 5.74) is 4.88. The predicted octanol–water partition coefficient (Wildman–Crippen LogP) is 7.76. The van der Waals surface area contributed by atoms with Crippen molar-refractivity contribution in [1.82, 2.24) is 0 Å². The zero-order valence-corrected chi connectivity index (χ0v) is 23.1. The van der Waals surface area contributed by atoms with Crippen LogP contribution in [0.1, 0.15) is 88.3 Å². The van der Waals surface area contributed by atoms with Crippen molar-refractivity contribution >= 4 is 0 Å². The molecule has 4 aliphatic rings. The highest BCUT2D eigenvalue weighted by Crippen LogP contribution is 2.68. The summed E-state index contributed by atoms with van der Waals surface area (Å²) in [5, 5.41) is 23.1. The molecule has 2 aromatic rings. The van der Waals surface area contributed by atoms with E-state index in [-0.39, 0.29) is 22.9 Å². The third-order valence-electron chi connectivity index (χ3n) is 11.8. The lowest BCUT2D eigenvalue weighted by Crippen LogP contribution is -2.53. The number of fused-ring (bicyclic) bond motifs is 5. The van der Waals surface area contributed by atoms with Gasteiger partial charge in [0.25, 0.3) is 0 Å². The fourth-order valence-corrected chi connectivity index (χ4v) is 9.76. The average Bonchev–Trinajstić information content (AvgIpc) is 3.27. The lowest BCUT2D eigenvalue weighted by molar-refractivity contribution is -0.117. The number of aliphatic hydroxyl groups excluding tert-OH is 1. The van der Waals surface area contributed by atoms with Crippen LogP contribution in [0.25, 0.3) is 0 Å². The molecule has 37 heavy (non-hydrogen) atoms. The summed E-state index contributed by atoms with van der Waals surface area (Å²) in [5.74, 6) is 2.40. The van der Waals surface area contributed by atoms with Crippen LogP contribution in [0.5, 0.6) is 0 Å². The zero-order chi connectivity index (χ0) is 25.8. The molecule has 0 unspecified atom stereocenters. The highest BCUT2D eigenvalue weighted by atomic mass is 16.3. The van der Waals surface area contributed by atoms with Gasteiger partial charge in [-0.2, -0.15) is 0 Å². The third kappa shape index (κ3) is 4.14. The molecular weight excluding hydrogens is 452 g/mol. The normalized spacial score (nSPS) is 38.6. The molecular formula is C35H46O2. The molecule has 6 rings (SSSR count). The largest absolute Gasteiger partial charge is 0.393 e. The van der Waals surface area contributed by atoms with E-state index in [1.165, 1.54) is 36.8 Å². The van der Waals surface area contributed by atoms with Gasteiger partial charge in [-0.3, -0.25) is 0 Å². The number of aryl methyl sites for hydroxylation is 2. The molecule has 0 aliphatic heterocycles. The Hall–Kier alpha value is -1.90. The van der Waals surface area contributed by atoms with E-state index < -0.39 is 5.60 Å². The first kappa shape index (κ1) is 25.4. The van der Waals surface area contributed by atoms with E-state index in [1.54, 1.807) is 5.57 Å². The molecule has 0 radical (unpaired) electrons. The van der Waals surface area contributed by atoms with E-state index in [2.05, 4.69) is 81.4 Å². The Morgan fingerprint density at radius 1 is 0.892 bits per heavy atom. The Morgan fingerprint density at radius 3 is 2.41 bits per heavy atom. The molecule has 0 bridgehead atoms. The van der Waals surface area contributed by atoms with Gasteiger partial charge in [0.1, 0.15) is 0 Å². The second kappa shape index (κ2) is 9.38. The fraction of sp³-hybridized carbons (Fsp3) is 0.600. The minimum atomic E-state index is -0.809. The monoisotopic (exact) mass is 498 g/mol. The molecule has 8 atom stereocenters. The van der Waals surface area contributed by atoms with Crippen molar-refractivity contribution in [2.24, 2.45) is 34.5 Å². The van der Waals surface area contributed by atoms with E-state index in [4.69, 9.17) is 0 Å². The highest BCUT2D eigenvalue weighted by Gasteiger charge is 2.62. The van der Waals surface area contributed by atoms with Gasteiger partial charge < -0.3 is 10.2 Å². The molecule has 2 nitrogen and oxygen atoms in total. The predicted molar refractivity (Wildman–Crippen MR) is 151 cm³/mol. The minimum Gasteiger partial charge on any atom is -0.393 e. The standard InChI is InChI=1S/C35H46O2/c1-24-9-11-25(12-10-24)17-22-35(37,26-7-5-4-6-8-26)32-16-15-30-29-14-13-27-23-28(36)18-20-33(27,2)31(29)19-21-34(30,32)3/h4-13,28-32,36-37H,14-23H2,1-3H3/t28-,29-,30-,31-,32-,33-,34-,35-/m0/s1. The van der Waals surface area contributed by atoms with Crippen molar-refractivity contribution in [3.8, 4) is 0 Å². The summed E-state index contributed by atoms with van der Waals surface area (Å²) < 4.78 is 0. The molecule has 2 aromatic carbocycles. The minimum absolute atomic E-state index is 0.144. The number of allylic oxidation sites excluding steroid dienone is 1. The second-order valence-corrected chi connectivity index (χ2v) is 13.6. The Kier molecular flexibility index (Phi) is 6.44. The van der Waals surface area contributed by atoms with Gasteiger partial charge in [-0.1, -0.05) is 85.7 Å². The van der Waals surface area contributed by atoms with Crippen LogP contribution in [-0.4, -0.2) is 16.3 Å². The first-order valence-corrected chi connectivity index (χ1v) is 14.9. The maximum Gasteiger partial charge on any atom is 0.0933 e. The van der Waals surface area contributed by atoms with E-state index >= 15 is 0 Å². The number of hydrogen-bond acceptors (Lipinski definition) is 2. The SMILES string of the molecule is Cc1ccc(CC[C@](O)(c2ccccc2)[C@H]2CC[C@H]3[C@@H]4CC=C5C[C@@H](O)CC[C@]5(C)[C@H]4CC[C@@]32C)cc1. The van der Waals surface area contributed by atoms with E-state index in [0.29, 0.717) is 11.8 Å². The van der Waals surface area contributed by atoms with E-state index in [0.717, 1.165) is 50.0 Å². The smallest absolute Gasteiger partial charge is 0.0933 e. The number of rotatable bonds is 5. The van der Waals surface area contributed by atoms with Crippen molar-refractivity contribution in [1.29, 1.82) is 0 Å². The maximum absolute atomic E-state index is 12.7. The summed E-state index contributed by atoms with van der Waals surface area (Å²) in [6.45, 7) is 7.19. The van der Waals surface area contributed by atoms with Gasteiger partial charge in [-0.05, 0) is 117 Å². The van der Waals surface area contributed by atoms with Gasteiger partial charge in [0, 0.05) is 0 Å². The van der Waals surface area contributed by atoms with Crippen LogP contribution in [0.4, 0.5) is 0 Å². The van der Waals surface area contributed by atoms with Crippen molar-refractivity contribution in [2.75, 3.05) is 0 Å². The maximum atomic E-state index is 12.7. The molecule has 0 heterocycles. The molecule has 3 fully saturated rings. The molecule has 3 saturated carbocycles. The van der Waals surface area contributed by atoms with Gasteiger partial charge in [0.15, 0.2) is 0 Å². The quantitative estimate of drug-likeness (QED) is 0.414. The number of benzene rings is 2. The molecule has 2 N–H and O–H groups in total. The van der Waals surface area contributed by atoms with Gasteiger partial charge in [-0.15, -0.1) is 0 Å². The van der Waals surface area contributed by atoms with Crippen molar-refractivity contribution in [3.63, 3.8) is 0 Å². The van der Waals surface area contributed by atoms with E-state index in [1.807, 2.05) is 0 Å². The van der Waals surface area contributed by atoms with Crippen LogP contribution in [0, 0.1) is 41.4 Å². The van der Waals surface area contributed by atoms with Crippen molar-refractivity contribution in [2.45, 2.75) is 96.7 Å². The van der Waals surface area contributed by atoms with Crippen LogP contribution in [0.2, 0.25) is 0 Å².